The van der Waals surface area contributed by atoms with Crippen LogP contribution in [0.15, 0.2) is 12.1 Å². The summed E-state index contributed by atoms with van der Waals surface area (Å²) in [5, 5.41) is 10.3. The van der Waals surface area contributed by atoms with Crippen molar-refractivity contribution in [3.05, 3.63) is 28.8 Å². The van der Waals surface area contributed by atoms with Crippen molar-refractivity contribution in [1.82, 2.24) is 0 Å². The van der Waals surface area contributed by atoms with Gasteiger partial charge in [0.2, 0.25) is 0 Å². The molecule has 18 heavy (non-hydrogen) atoms. The fourth-order valence-corrected chi connectivity index (χ4v) is 2.96. The second-order valence-corrected chi connectivity index (χ2v) is 6.74. The molecule has 0 bridgehead atoms. The molecule has 0 unspecified atom stereocenters. The Labute approximate surface area is 109 Å². The molecular formula is C16H22O2. The van der Waals surface area contributed by atoms with Crippen LogP contribution < -0.4 is 0 Å². The van der Waals surface area contributed by atoms with E-state index in [1.54, 1.807) is 13.0 Å². The molecule has 0 aromatic heterocycles. The summed E-state index contributed by atoms with van der Waals surface area (Å²) >= 11 is 0. The highest BCUT2D eigenvalue weighted by Gasteiger charge is 2.39. The van der Waals surface area contributed by atoms with Crippen LogP contribution in [0.4, 0.5) is 0 Å². The SMILES string of the molecule is CC(=O)c1cc(O)c2c(c1)C(C)(C)CCC2(C)C. The number of benzene rings is 1. The number of phenols is 1. The number of rotatable bonds is 1. The van der Waals surface area contributed by atoms with Crippen molar-refractivity contribution in [2.24, 2.45) is 0 Å². The Balaban J connectivity index is 2.75. The zero-order valence-electron chi connectivity index (χ0n) is 11.9. The summed E-state index contributed by atoms with van der Waals surface area (Å²) in [6.07, 6.45) is 2.13. The highest BCUT2D eigenvalue weighted by Crippen LogP contribution is 2.49. The van der Waals surface area contributed by atoms with Crippen molar-refractivity contribution in [2.75, 3.05) is 0 Å². The molecule has 0 heterocycles. The van der Waals surface area contributed by atoms with Gasteiger partial charge in [-0.15, -0.1) is 0 Å². The molecule has 0 atom stereocenters. The summed E-state index contributed by atoms with van der Waals surface area (Å²) in [5.41, 5.74) is 2.75. The lowest BCUT2D eigenvalue weighted by Gasteiger charge is -2.42. The molecule has 1 N–H and O–H groups in total. The van der Waals surface area contributed by atoms with Crippen molar-refractivity contribution >= 4 is 5.78 Å². The van der Waals surface area contributed by atoms with Crippen molar-refractivity contribution in [3.8, 4) is 5.75 Å². The summed E-state index contributed by atoms with van der Waals surface area (Å²) in [6.45, 7) is 10.2. The van der Waals surface area contributed by atoms with Gasteiger partial charge in [0, 0.05) is 11.1 Å². The largest absolute Gasteiger partial charge is 0.508 e. The summed E-state index contributed by atoms with van der Waals surface area (Å²) in [5.74, 6) is 0.280. The van der Waals surface area contributed by atoms with Crippen molar-refractivity contribution in [3.63, 3.8) is 0 Å². The monoisotopic (exact) mass is 246 g/mol. The molecule has 0 amide bonds. The first kappa shape index (κ1) is 13.1. The predicted octanol–water partition coefficient (Wildman–Crippen LogP) is 3.94. The third-order valence-electron chi connectivity index (χ3n) is 4.30. The van der Waals surface area contributed by atoms with E-state index in [4.69, 9.17) is 0 Å². The minimum absolute atomic E-state index is 0.00674. The lowest BCUT2D eigenvalue weighted by molar-refractivity contribution is 0.101. The topological polar surface area (TPSA) is 37.3 Å². The van der Waals surface area contributed by atoms with Gasteiger partial charge in [-0.1, -0.05) is 27.7 Å². The maximum Gasteiger partial charge on any atom is 0.159 e. The molecule has 2 heteroatoms. The molecule has 1 aromatic rings. The first-order chi connectivity index (χ1) is 8.15. The van der Waals surface area contributed by atoms with Crippen LogP contribution in [0.25, 0.3) is 0 Å². The van der Waals surface area contributed by atoms with Gasteiger partial charge >= 0.3 is 0 Å². The quantitative estimate of drug-likeness (QED) is 0.762. The second-order valence-electron chi connectivity index (χ2n) is 6.74. The van der Waals surface area contributed by atoms with Crippen molar-refractivity contribution in [2.45, 2.75) is 58.3 Å². The van der Waals surface area contributed by atoms with Gasteiger partial charge in [0.05, 0.1) is 0 Å². The highest BCUT2D eigenvalue weighted by molar-refractivity contribution is 5.95. The number of phenolic OH excluding ortho intramolecular Hbond substituents is 1. The summed E-state index contributed by atoms with van der Waals surface area (Å²) in [4.78, 5) is 11.5. The fraction of sp³-hybridized carbons (Fsp3) is 0.562. The van der Waals surface area contributed by atoms with Crippen LogP contribution in [0.1, 0.15) is 68.9 Å². The Morgan fingerprint density at radius 2 is 1.67 bits per heavy atom. The van der Waals surface area contributed by atoms with Gasteiger partial charge in [0.15, 0.2) is 5.78 Å². The third kappa shape index (κ3) is 1.94. The van der Waals surface area contributed by atoms with E-state index in [0.717, 1.165) is 24.0 Å². The van der Waals surface area contributed by atoms with Gasteiger partial charge in [0.25, 0.3) is 0 Å². The molecule has 2 nitrogen and oxygen atoms in total. The van der Waals surface area contributed by atoms with Crippen LogP contribution in [0.5, 0.6) is 5.75 Å². The number of hydrogen-bond acceptors (Lipinski definition) is 2. The van der Waals surface area contributed by atoms with Gasteiger partial charge in [-0.25, -0.2) is 0 Å². The molecule has 0 spiro atoms. The molecule has 1 aliphatic rings. The number of hydrogen-bond donors (Lipinski definition) is 1. The molecule has 0 fully saturated rings. The Kier molecular flexibility index (Phi) is 2.80. The van der Waals surface area contributed by atoms with Crippen molar-refractivity contribution < 1.29 is 9.90 Å². The lowest BCUT2D eigenvalue weighted by atomic mass is 9.62. The Bertz CT molecular complexity index is 510. The molecular weight excluding hydrogens is 224 g/mol. The maximum atomic E-state index is 11.5. The van der Waals surface area contributed by atoms with Crippen LogP contribution in [-0.4, -0.2) is 10.9 Å². The van der Waals surface area contributed by atoms with Gasteiger partial charge < -0.3 is 5.11 Å². The highest BCUT2D eigenvalue weighted by atomic mass is 16.3. The number of Topliss-reactive ketones (excluding diaryl/α,β-unsaturated/α-hetero) is 1. The number of carbonyl (C=O) groups excluding carboxylic acids is 1. The molecule has 0 aliphatic heterocycles. The number of fused-ring (bicyclic) bond motifs is 1. The Hall–Kier alpha value is -1.31. The van der Waals surface area contributed by atoms with Gasteiger partial charge in [-0.3, -0.25) is 4.79 Å². The van der Waals surface area contributed by atoms with E-state index >= 15 is 0 Å². The normalized spacial score (nSPS) is 20.3. The van der Waals surface area contributed by atoms with E-state index in [1.165, 1.54) is 0 Å². The average Bonchev–Trinajstić information content (AvgIpc) is 2.23. The molecule has 98 valence electrons. The Morgan fingerprint density at radius 1 is 1.11 bits per heavy atom. The molecule has 1 aliphatic carbocycles. The maximum absolute atomic E-state index is 11.5. The lowest BCUT2D eigenvalue weighted by Crippen LogP contribution is -2.34. The first-order valence-corrected chi connectivity index (χ1v) is 6.54. The zero-order chi connectivity index (χ0) is 13.7. The van der Waals surface area contributed by atoms with E-state index in [9.17, 15) is 9.90 Å². The van der Waals surface area contributed by atoms with E-state index in [-0.39, 0.29) is 22.4 Å². The van der Waals surface area contributed by atoms with E-state index in [2.05, 4.69) is 27.7 Å². The number of ketones is 1. The van der Waals surface area contributed by atoms with Crippen LogP contribution >= 0.6 is 0 Å². The van der Waals surface area contributed by atoms with Crippen LogP contribution in [0.2, 0.25) is 0 Å². The fourth-order valence-electron chi connectivity index (χ4n) is 2.96. The number of aromatic hydroxyl groups is 1. The predicted molar refractivity (Wildman–Crippen MR) is 73.4 cm³/mol. The second kappa shape index (κ2) is 3.84. The summed E-state index contributed by atoms with van der Waals surface area (Å²) in [7, 11) is 0. The first-order valence-electron chi connectivity index (χ1n) is 6.54. The van der Waals surface area contributed by atoms with E-state index in [1.807, 2.05) is 6.07 Å². The minimum Gasteiger partial charge on any atom is -0.508 e. The molecule has 2 rings (SSSR count). The van der Waals surface area contributed by atoms with Gasteiger partial charge in [0.1, 0.15) is 5.75 Å². The Morgan fingerprint density at radius 3 is 2.22 bits per heavy atom. The molecule has 0 saturated heterocycles. The minimum atomic E-state index is -0.0236. The zero-order valence-corrected chi connectivity index (χ0v) is 11.9. The summed E-state index contributed by atoms with van der Waals surface area (Å²) in [6, 6.07) is 3.59. The summed E-state index contributed by atoms with van der Waals surface area (Å²) < 4.78 is 0. The van der Waals surface area contributed by atoms with Gasteiger partial charge in [-0.2, -0.15) is 0 Å². The van der Waals surface area contributed by atoms with E-state index in [0.29, 0.717) is 5.56 Å². The van der Waals surface area contributed by atoms with Gasteiger partial charge in [-0.05, 0) is 48.3 Å². The van der Waals surface area contributed by atoms with Crippen molar-refractivity contribution in [1.29, 1.82) is 0 Å². The molecule has 1 aromatic carbocycles. The smallest absolute Gasteiger partial charge is 0.159 e. The number of carbonyl (C=O) groups is 1. The average molecular weight is 246 g/mol. The van der Waals surface area contributed by atoms with E-state index < -0.39 is 0 Å². The molecule has 0 radical (unpaired) electrons. The van der Waals surface area contributed by atoms with Crippen LogP contribution in [0.3, 0.4) is 0 Å². The molecule has 0 saturated carbocycles. The van der Waals surface area contributed by atoms with Crippen LogP contribution in [-0.2, 0) is 10.8 Å². The standard InChI is InChI=1S/C16H22O2/c1-10(17)11-8-12-14(13(18)9-11)16(4,5)7-6-15(12,2)3/h8-9,18H,6-7H2,1-5H3. The third-order valence-corrected chi connectivity index (χ3v) is 4.30. The van der Waals surface area contributed by atoms with Crippen LogP contribution in [0, 0.1) is 0 Å².